The molecule has 7 nitrogen and oxygen atoms in total. The molecule has 0 aromatic carbocycles. The van der Waals surface area contributed by atoms with Crippen LogP contribution >= 0.6 is 0 Å². The van der Waals surface area contributed by atoms with Crippen molar-refractivity contribution in [1.29, 1.82) is 0 Å². The van der Waals surface area contributed by atoms with Crippen molar-refractivity contribution < 1.29 is 28.9 Å². The molecule has 33 heavy (non-hydrogen) atoms. The van der Waals surface area contributed by atoms with E-state index in [9.17, 15) is 14.7 Å². The zero-order valence-electron chi connectivity index (χ0n) is 21.4. The van der Waals surface area contributed by atoms with Crippen LogP contribution in [0.2, 0.25) is 0 Å². The first-order valence-electron chi connectivity index (χ1n) is 13.0. The second-order valence-corrected chi connectivity index (χ2v) is 11.4. The van der Waals surface area contributed by atoms with Crippen molar-refractivity contribution in [2.45, 2.75) is 129 Å². The molecule has 0 aromatic heterocycles. The molecule has 7 heteroatoms. The average Bonchev–Trinajstić information content (AvgIpc) is 2.72. The van der Waals surface area contributed by atoms with E-state index in [-0.39, 0.29) is 18.2 Å². The van der Waals surface area contributed by atoms with Gasteiger partial charge in [0.2, 0.25) is 0 Å². The standard InChI is InChI=1S/C26H47NO6/c1-18(2)15-20(24(28)29)17-22(32-23-13-9-10-14-31-23)21(16-19-11-7-6-8-12-19)27-25(30)33-26(3,4)5/h18-23H,6-17H2,1-5H3,(H,27,30)(H,28,29). The van der Waals surface area contributed by atoms with Crippen LogP contribution in [-0.2, 0) is 19.0 Å². The lowest BCUT2D eigenvalue weighted by Gasteiger charge is -2.37. The zero-order valence-corrected chi connectivity index (χ0v) is 21.4. The van der Waals surface area contributed by atoms with Gasteiger partial charge in [0.05, 0.1) is 18.1 Å². The Hall–Kier alpha value is -1.34. The van der Waals surface area contributed by atoms with E-state index in [1.54, 1.807) is 0 Å². The summed E-state index contributed by atoms with van der Waals surface area (Å²) in [6, 6.07) is -0.317. The lowest BCUT2D eigenvalue weighted by Crippen LogP contribution is -2.50. The predicted molar refractivity (Wildman–Crippen MR) is 128 cm³/mol. The maximum Gasteiger partial charge on any atom is 0.407 e. The number of amides is 1. The smallest absolute Gasteiger partial charge is 0.407 e. The molecule has 0 radical (unpaired) electrons. The molecule has 1 saturated heterocycles. The molecule has 2 N–H and O–H groups in total. The average molecular weight is 470 g/mol. The highest BCUT2D eigenvalue weighted by Crippen LogP contribution is 2.32. The van der Waals surface area contributed by atoms with E-state index in [0.29, 0.717) is 25.4 Å². The number of ether oxygens (including phenoxy) is 3. The van der Waals surface area contributed by atoms with Crippen molar-refractivity contribution in [3.8, 4) is 0 Å². The summed E-state index contributed by atoms with van der Waals surface area (Å²) in [6.45, 7) is 10.3. The highest BCUT2D eigenvalue weighted by Gasteiger charge is 2.35. The van der Waals surface area contributed by atoms with Crippen LogP contribution in [-0.4, -0.2) is 47.8 Å². The van der Waals surface area contributed by atoms with Crippen LogP contribution in [0.1, 0.15) is 105 Å². The van der Waals surface area contributed by atoms with E-state index in [2.05, 4.69) is 5.32 Å². The van der Waals surface area contributed by atoms with Crippen molar-refractivity contribution in [1.82, 2.24) is 5.32 Å². The number of rotatable bonds is 11. The minimum Gasteiger partial charge on any atom is -0.481 e. The lowest BCUT2D eigenvalue weighted by atomic mass is 9.81. The highest BCUT2D eigenvalue weighted by molar-refractivity contribution is 5.70. The van der Waals surface area contributed by atoms with Crippen LogP contribution in [0.3, 0.4) is 0 Å². The summed E-state index contributed by atoms with van der Waals surface area (Å²) in [5.41, 5.74) is -0.608. The normalized spacial score (nSPS) is 23.0. The molecule has 1 aliphatic heterocycles. The Morgan fingerprint density at radius 2 is 1.70 bits per heavy atom. The first kappa shape index (κ1) is 27.9. The van der Waals surface area contributed by atoms with E-state index in [4.69, 9.17) is 14.2 Å². The molecular formula is C26H47NO6. The van der Waals surface area contributed by atoms with Crippen LogP contribution in [0.5, 0.6) is 0 Å². The molecular weight excluding hydrogens is 422 g/mol. The van der Waals surface area contributed by atoms with E-state index >= 15 is 0 Å². The number of carbonyl (C=O) groups excluding carboxylic acids is 1. The van der Waals surface area contributed by atoms with E-state index in [1.165, 1.54) is 19.3 Å². The van der Waals surface area contributed by atoms with Crippen LogP contribution in [0.4, 0.5) is 4.79 Å². The van der Waals surface area contributed by atoms with Gasteiger partial charge in [-0.3, -0.25) is 4.79 Å². The van der Waals surface area contributed by atoms with Gasteiger partial charge in [-0.05, 0) is 71.1 Å². The van der Waals surface area contributed by atoms with Gasteiger partial charge in [0.15, 0.2) is 6.29 Å². The summed E-state index contributed by atoms with van der Waals surface area (Å²) >= 11 is 0. The number of nitrogens with one attached hydrogen (secondary N) is 1. The number of carboxylic acid groups (broad SMARTS) is 1. The van der Waals surface area contributed by atoms with E-state index in [0.717, 1.165) is 38.5 Å². The lowest BCUT2D eigenvalue weighted by molar-refractivity contribution is -0.199. The maximum absolute atomic E-state index is 12.8. The largest absolute Gasteiger partial charge is 0.481 e. The molecule has 2 fully saturated rings. The Morgan fingerprint density at radius 1 is 1.03 bits per heavy atom. The van der Waals surface area contributed by atoms with Crippen molar-refractivity contribution in [2.24, 2.45) is 17.8 Å². The number of aliphatic carboxylic acids is 1. The van der Waals surface area contributed by atoms with Crippen LogP contribution < -0.4 is 5.32 Å². The Morgan fingerprint density at radius 3 is 2.24 bits per heavy atom. The van der Waals surface area contributed by atoms with Gasteiger partial charge >= 0.3 is 12.1 Å². The first-order valence-corrected chi connectivity index (χ1v) is 13.0. The predicted octanol–water partition coefficient (Wildman–Crippen LogP) is 5.90. The first-order chi connectivity index (χ1) is 15.5. The van der Waals surface area contributed by atoms with Gasteiger partial charge in [-0.1, -0.05) is 46.0 Å². The van der Waals surface area contributed by atoms with Crippen molar-refractivity contribution in [3.63, 3.8) is 0 Å². The fourth-order valence-electron chi connectivity index (χ4n) is 5.02. The molecule has 2 aliphatic rings. The van der Waals surface area contributed by atoms with Crippen LogP contribution in [0, 0.1) is 17.8 Å². The Balaban J connectivity index is 2.24. The topological polar surface area (TPSA) is 94.1 Å². The molecule has 1 heterocycles. The Bertz CT molecular complexity index is 590. The fourth-order valence-corrected chi connectivity index (χ4v) is 5.02. The van der Waals surface area contributed by atoms with Crippen molar-refractivity contribution in [2.75, 3.05) is 6.61 Å². The second-order valence-electron chi connectivity index (χ2n) is 11.4. The number of carboxylic acids is 1. The zero-order chi connectivity index (χ0) is 24.4. The summed E-state index contributed by atoms with van der Waals surface area (Å²) in [4.78, 5) is 24.9. The molecule has 0 aromatic rings. The summed E-state index contributed by atoms with van der Waals surface area (Å²) in [6.07, 6.45) is 9.17. The van der Waals surface area contributed by atoms with Gasteiger partial charge in [-0.2, -0.15) is 0 Å². The quantitative estimate of drug-likeness (QED) is 0.391. The molecule has 0 spiro atoms. The Kier molecular flexibility index (Phi) is 11.4. The third-order valence-electron chi connectivity index (χ3n) is 6.55. The fraction of sp³-hybridized carbons (Fsp3) is 0.923. The van der Waals surface area contributed by atoms with Gasteiger partial charge in [-0.25, -0.2) is 4.79 Å². The monoisotopic (exact) mass is 469 g/mol. The molecule has 0 bridgehead atoms. The minimum absolute atomic E-state index is 0.258. The van der Waals surface area contributed by atoms with Crippen LogP contribution in [0.15, 0.2) is 0 Å². The summed E-state index contributed by atoms with van der Waals surface area (Å²) in [5.74, 6) is -0.595. The summed E-state index contributed by atoms with van der Waals surface area (Å²) < 4.78 is 17.8. The molecule has 4 atom stereocenters. The molecule has 1 saturated carbocycles. The van der Waals surface area contributed by atoms with Gasteiger partial charge in [0.1, 0.15) is 5.60 Å². The van der Waals surface area contributed by atoms with Gasteiger partial charge < -0.3 is 24.6 Å². The maximum atomic E-state index is 12.8. The minimum atomic E-state index is -0.810. The molecule has 1 amide bonds. The van der Waals surface area contributed by atoms with Crippen molar-refractivity contribution in [3.05, 3.63) is 0 Å². The second kappa shape index (κ2) is 13.5. The van der Waals surface area contributed by atoms with Gasteiger partial charge in [-0.15, -0.1) is 0 Å². The van der Waals surface area contributed by atoms with Gasteiger partial charge in [0.25, 0.3) is 0 Å². The molecule has 4 unspecified atom stereocenters. The number of hydrogen-bond acceptors (Lipinski definition) is 5. The van der Waals surface area contributed by atoms with Crippen molar-refractivity contribution >= 4 is 12.1 Å². The molecule has 192 valence electrons. The number of carbonyl (C=O) groups is 2. The van der Waals surface area contributed by atoms with Gasteiger partial charge in [0, 0.05) is 6.61 Å². The Labute approximate surface area is 200 Å². The number of alkyl carbamates (subject to hydrolysis) is 1. The third-order valence-corrected chi connectivity index (χ3v) is 6.55. The molecule has 1 aliphatic carbocycles. The highest BCUT2D eigenvalue weighted by atomic mass is 16.7. The van der Waals surface area contributed by atoms with E-state index < -0.39 is 29.7 Å². The SMILES string of the molecule is CC(C)CC(CC(OC1CCCCO1)C(CC1CCCCC1)NC(=O)OC(C)(C)C)C(=O)O. The number of hydrogen-bond donors (Lipinski definition) is 2. The van der Waals surface area contributed by atoms with E-state index in [1.807, 2.05) is 34.6 Å². The third kappa shape index (κ3) is 11.1. The summed E-state index contributed by atoms with van der Waals surface area (Å²) in [7, 11) is 0. The van der Waals surface area contributed by atoms with Crippen LogP contribution in [0.25, 0.3) is 0 Å². The molecule has 2 rings (SSSR count). The summed E-state index contributed by atoms with van der Waals surface area (Å²) in [5, 5.41) is 13.0.